The summed E-state index contributed by atoms with van der Waals surface area (Å²) in [5, 5.41) is 15.7. The first-order chi connectivity index (χ1) is 8.59. The normalized spacial score (nSPS) is 19.4. The van der Waals surface area contributed by atoms with E-state index in [1.54, 1.807) is 0 Å². The number of carbonyl (C=O) groups excluding carboxylic acids is 2. The lowest BCUT2D eigenvalue weighted by atomic mass is 10.0. The number of carbonyl (C=O) groups is 3. The molecule has 0 aromatic rings. The average Bonchev–Trinajstić information content (AvgIpc) is 2.66. The van der Waals surface area contributed by atoms with Crippen LogP contribution < -0.4 is 16.0 Å². The number of aliphatic carboxylic acids is 1. The molecule has 1 aliphatic carbocycles. The predicted octanol–water partition coefficient (Wildman–Crippen LogP) is -0.0790. The Morgan fingerprint density at radius 1 is 1.00 bits per heavy atom. The minimum atomic E-state index is -1.13. The van der Waals surface area contributed by atoms with E-state index < -0.39 is 24.5 Å². The quantitative estimate of drug-likeness (QED) is 0.561. The van der Waals surface area contributed by atoms with Crippen LogP contribution in [-0.4, -0.2) is 42.1 Å². The first kappa shape index (κ1) is 15.3. The number of carboxylic acids is 1. The second-order valence-electron chi connectivity index (χ2n) is 5.87. The lowest BCUT2D eigenvalue weighted by molar-refractivity contribution is -0.137. The smallest absolute Gasteiger partial charge is 0.322 e. The lowest BCUT2D eigenvalue weighted by Crippen LogP contribution is -2.44. The minimum absolute atomic E-state index is 0.0237. The molecular formula is C12H21N3O4. The van der Waals surface area contributed by atoms with Gasteiger partial charge in [-0.3, -0.25) is 9.59 Å². The zero-order chi connectivity index (χ0) is 14.8. The van der Waals surface area contributed by atoms with Crippen molar-refractivity contribution >= 4 is 17.9 Å². The molecule has 0 spiro atoms. The zero-order valence-corrected chi connectivity index (χ0v) is 11.7. The van der Waals surface area contributed by atoms with E-state index in [4.69, 9.17) is 5.11 Å². The Hall–Kier alpha value is -1.79. The summed E-state index contributed by atoms with van der Waals surface area (Å²) in [4.78, 5) is 33.0. The van der Waals surface area contributed by atoms with E-state index in [9.17, 15) is 14.4 Å². The van der Waals surface area contributed by atoms with Crippen LogP contribution in [-0.2, 0) is 9.59 Å². The Kier molecular flexibility index (Phi) is 4.07. The molecule has 1 aliphatic rings. The number of hydrogen-bond donors (Lipinski definition) is 4. The first-order valence-electron chi connectivity index (χ1n) is 6.12. The van der Waals surface area contributed by atoms with Crippen LogP contribution >= 0.6 is 0 Å². The summed E-state index contributed by atoms with van der Waals surface area (Å²) in [6, 6.07) is -0.365. The zero-order valence-electron chi connectivity index (χ0n) is 11.7. The highest BCUT2D eigenvalue weighted by Gasteiger charge is 2.65. The lowest BCUT2D eigenvalue weighted by Gasteiger charge is -2.08. The van der Waals surface area contributed by atoms with Gasteiger partial charge in [0.25, 0.3) is 0 Å². The van der Waals surface area contributed by atoms with E-state index in [-0.39, 0.29) is 23.4 Å². The van der Waals surface area contributed by atoms with Crippen LogP contribution in [0.15, 0.2) is 0 Å². The van der Waals surface area contributed by atoms with Gasteiger partial charge in [-0.05, 0) is 10.8 Å². The molecule has 0 bridgehead atoms. The third kappa shape index (κ3) is 3.36. The first-order valence-corrected chi connectivity index (χ1v) is 6.12. The van der Waals surface area contributed by atoms with Gasteiger partial charge in [-0.2, -0.15) is 0 Å². The van der Waals surface area contributed by atoms with E-state index in [2.05, 4.69) is 43.6 Å². The van der Waals surface area contributed by atoms with Gasteiger partial charge in [0.2, 0.25) is 5.91 Å². The van der Waals surface area contributed by atoms with Gasteiger partial charge in [-0.1, -0.05) is 27.7 Å². The summed E-state index contributed by atoms with van der Waals surface area (Å²) in [5.41, 5.74) is 0.0474. The molecule has 0 atom stereocenters. The number of nitrogens with one attached hydrogen (secondary N) is 3. The number of amides is 3. The summed E-state index contributed by atoms with van der Waals surface area (Å²) in [7, 11) is 0. The molecule has 0 aromatic heterocycles. The maximum absolute atomic E-state index is 11.6. The Bertz CT molecular complexity index is 390. The summed E-state index contributed by atoms with van der Waals surface area (Å²) >= 11 is 0. The molecule has 7 heteroatoms. The second-order valence-corrected chi connectivity index (χ2v) is 5.87. The topological polar surface area (TPSA) is 108 Å². The maximum atomic E-state index is 11.6. The molecule has 19 heavy (non-hydrogen) atoms. The van der Waals surface area contributed by atoms with Crippen LogP contribution in [0.2, 0.25) is 0 Å². The fourth-order valence-electron chi connectivity index (χ4n) is 2.14. The van der Waals surface area contributed by atoms with E-state index in [1.807, 2.05) is 0 Å². The summed E-state index contributed by atoms with van der Waals surface area (Å²) in [6.07, 6.45) is 0. The number of rotatable bonds is 5. The van der Waals surface area contributed by atoms with Crippen molar-refractivity contribution in [2.75, 3.05) is 13.1 Å². The molecule has 1 rings (SSSR count). The highest BCUT2D eigenvalue weighted by atomic mass is 16.4. The highest BCUT2D eigenvalue weighted by Crippen LogP contribution is 2.62. The molecule has 0 aromatic carbocycles. The summed E-state index contributed by atoms with van der Waals surface area (Å²) < 4.78 is 0. The van der Waals surface area contributed by atoms with E-state index in [1.165, 1.54) is 0 Å². The van der Waals surface area contributed by atoms with Crippen LogP contribution in [0.5, 0.6) is 0 Å². The summed E-state index contributed by atoms with van der Waals surface area (Å²) in [5.74, 6) is -1.66. The molecule has 4 N–H and O–H groups in total. The van der Waals surface area contributed by atoms with Gasteiger partial charge in [-0.25, -0.2) is 4.79 Å². The molecule has 7 nitrogen and oxygen atoms in total. The van der Waals surface area contributed by atoms with Gasteiger partial charge in [0.1, 0.15) is 6.54 Å². The molecule has 0 heterocycles. The van der Waals surface area contributed by atoms with Gasteiger partial charge >= 0.3 is 12.0 Å². The molecule has 0 radical (unpaired) electrons. The van der Waals surface area contributed by atoms with Gasteiger partial charge in [-0.15, -0.1) is 0 Å². The van der Waals surface area contributed by atoms with Crippen molar-refractivity contribution in [1.29, 1.82) is 0 Å². The number of urea groups is 1. The van der Waals surface area contributed by atoms with Crippen LogP contribution in [0, 0.1) is 10.8 Å². The molecular weight excluding hydrogens is 250 g/mol. The Morgan fingerprint density at radius 2 is 1.53 bits per heavy atom. The van der Waals surface area contributed by atoms with Crippen LogP contribution in [0.4, 0.5) is 4.79 Å². The Labute approximate surface area is 112 Å². The van der Waals surface area contributed by atoms with Crippen LogP contribution in [0.1, 0.15) is 27.7 Å². The Morgan fingerprint density at radius 3 is 1.95 bits per heavy atom. The van der Waals surface area contributed by atoms with Gasteiger partial charge in [0, 0.05) is 6.04 Å². The predicted molar refractivity (Wildman–Crippen MR) is 68.5 cm³/mol. The van der Waals surface area contributed by atoms with Crippen molar-refractivity contribution < 1.29 is 19.5 Å². The minimum Gasteiger partial charge on any atom is -0.480 e. The van der Waals surface area contributed by atoms with Gasteiger partial charge < -0.3 is 21.1 Å². The largest absolute Gasteiger partial charge is 0.480 e. The highest BCUT2D eigenvalue weighted by molar-refractivity contribution is 5.86. The average molecular weight is 271 g/mol. The van der Waals surface area contributed by atoms with Crippen LogP contribution in [0.3, 0.4) is 0 Å². The van der Waals surface area contributed by atoms with E-state index in [0.29, 0.717) is 0 Å². The molecule has 0 saturated heterocycles. The molecule has 0 unspecified atom stereocenters. The fourth-order valence-corrected chi connectivity index (χ4v) is 2.14. The van der Waals surface area contributed by atoms with E-state index in [0.717, 1.165) is 0 Å². The fraction of sp³-hybridized carbons (Fsp3) is 0.750. The number of hydrogen-bond acceptors (Lipinski definition) is 3. The van der Waals surface area contributed by atoms with Crippen molar-refractivity contribution in [2.45, 2.75) is 33.7 Å². The third-order valence-corrected chi connectivity index (χ3v) is 4.14. The SMILES string of the molecule is CC1(C)C(NC(=O)NCC(=O)NCC(=O)O)C1(C)C. The molecule has 1 fully saturated rings. The molecule has 0 aliphatic heterocycles. The number of carboxylic acid groups (broad SMARTS) is 1. The Balaban J connectivity index is 2.27. The van der Waals surface area contributed by atoms with Crippen molar-refractivity contribution in [2.24, 2.45) is 10.8 Å². The molecule has 3 amide bonds. The van der Waals surface area contributed by atoms with Crippen molar-refractivity contribution in [1.82, 2.24) is 16.0 Å². The maximum Gasteiger partial charge on any atom is 0.322 e. The molecule has 1 saturated carbocycles. The van der Waals surface area contributed by atoms with Gasteiger partial charge in [0.15, 0.2) is 0 Å². The van der Waals surface area contributed by atoms with Crippen molar-refractivity contribution in [3.05, 3.63) is 0 Å². The van der Waals surface area contributed by atoms with Gasteiger partial charge in [0.05, 0.1) is 6.54 Å². The van der Waals surface area contributed by atoms with Crippen molar-refractivity contribution in [3.63, 3.8) is 0 Å². The second kappa shape index (κ2) is 5.07. The van der Waals surface area contributed by atoms with Crippen LogP contribution in [0.25, 0.3) is 0 Å². The third-order valence-electron chi connectivity index (χ3n) is 4.14. The monoisotopic (exact) mass is 271 g/mol. The molecule has 108 valence electrons. The standard InChI is InChI=1S/C12H21N3O4/c1-11(2)9(12(11,3)4)15-10(19)14-5-7(16)13-6-8(17)18/h9H,5-6H2,1-4H3,(H,13,16)(H,17,18)(H2,14,15,19). The van der Waals surface area contributed by atoms with E-state index >= 15 is 0 Å². The summed E-state index contributed by atoms with van der Waals surface area (Å²) in [6.45, 7) is 7.57. The van der Waals surface area contributed by atoms with Crippen molar-refractivity contribution in [3.8, 4) is 0 Å².